The van der Waals surface area contributed by atoms with Gasteiger partial charge in [0.2, 0.25) is 0 Å². The van der Waals surface area contributed by atoms with E-state index in [1.807, 2.05) is 42.5 Å². The molecule has 2 aromatic rings. The quantitative estimate of drug-likeness (QED) is 0.515. The van der Waals surface area contributed by atoms with Gasteiger partial charge in [-0.05, 0) is 23.3 Å². The van der Waals surface area contributed by atoms with Crippen LogP contribution in [0.4, 0.5) is 0 Å². The molecular formula is C15H14BrN3S. The molecule has 20 heavy (non-hydrogen) atoms. The van der Waals surface area contributed by atoms with Gasteiger partial charge >= 0.3 is 0 Å². The third kappa shape index (κ3) is 5.19. The fraction of sp³-hybridized carbons (Fsp3) is 0.0667. The lowest BCUT2D eigenvalue weighted by atomic mass is 10.2. The summed E-state index contributed by atoms with van der Waals surface area (Å²) >= 11 is 4.88. The van der Waals surface area contributed by atoms with E-state index in [0.29, 0.717) is 5.17 Å². The zero-order valence-corrected chi connectivity index (χ0v) is 13.1. The number of nitrogens with two attached hydrogens (primary N) is 1. The minimum absolute atomic E-state index is 0.458. The molecule has 0 spiro atoms. The number of hydrogen-bond donors (Lipinski definition) is 1. The smallest absolute Gasteiger partial charge is 0.180 e. The molecule has 0 saturated heterocycles. The predicted molar refractivity (Wildman–Crippen MR) is 91.1 cm³/mol. The number of thioether (sulfide) groups is 1. The average molecular weight is 348 g/mol. The van der Waals surface area contributed by atoms with E-state index in [1.165, 1.54) is 17.3 Å². The Morgan fingerprint density at radius 3 is 2.70 bits per heavy atom. The summed E-state index contributed by atoms with van der Waals surface area (Å²) in [6.07, 6.45) is 1.68. The molecular weight excluding hydrogens is 334 g/mol. The van der Waals surface area contributed by atoms with Gasteiger partial charge in [0.1, 0.15) is 0 Å². The van der Waals surface area contributed by atoms with Gasteiger partial charge in [-0.2, -0.15) is 5.10 Å². The molecule has 0 aliphatic rings. The van der Waals surface area contributed by atoms with E-state index in [4.69, 9.17) is 5.73 Å². The molecule has 5 heteroatoms. The lowest BCUT2D eigenvalue weighted by Gasteiger charge is -1.99. The molecule has 0 aromatic heterocycles. The molecule has 2 N–H and O–H groups in total. The van der Waals surface area contributed by atoms with E-state index in [9.17, 15) is 0 Å². The lowest BCUT2D eigenvalue weighted by Crippen LogP contribution is -2.05. The Hall–Kier alpha value is -1.59. The summed E-state index contributed by atoms with van der Waals surface area (Å²) in [5.41, 5.74) is 8.00. The lowest BCUT2D eigenvalue weighted by molar-refractivity contribution is 1.25. The standard InChI is InChI=1S/C15H14BrN3S/c16-14-8-4-7-13(9-14)10-18-19-15(17)20-11-12-5-2-1-3-6-12/h1-10H,11H2,(H2,17,19). The van der Waals surface area contributed by atoms with E-state index in [2.05, 4.69) is 38.3 Å². The predicted octanol–water partition coefficient (Wildman–Crippen LogP) is 4.03. The Labute approximate surface area is 131 Å². The summed E-state index contributed by atoms with van der Waals surface area (Å²) in [6.45, 7) is 0. The Kier molecular flexibility index (Phi) is 5.83. The van der Waals surface area contributed by atoms with Crippen molar-refractivity contribution in [1.29, 1.82) is 0 Å². The third-order valence-corrected chi connectivity index (χ3v) is 3.79. The maximum Gasteiger partial charge on any atom is 0.180 e. The summed E-state index contributed by atoms with van der Waals surface area (Å²) in [4.78, 5) is 0. The monoisotopic (exact) mass is 347 g/mol. The number of amidine groups is 1. The van der Waals surface area contributed by atoms with E-state index >= 15 is 0 Å². The molecule has 2 rings (SSSR count). The Morgan fingerprint density at radius 2 is 1.95 bits per heavy atom. The van der Waals surface area contributed by atoms with Crippen LogP contribution >= 0.6 is 27.7 Å². The Bertz CT molecular complexity index is 612. The molecule has 0 bridgehead atoms. The Balaban J connectivity index is 1.87. The summed E-state index contributed by atoms with van der Waals surface area (Å²) in [5, 5.41) is 8.43. The topological polar surface area (TPSA) is 50.7 Å². The highest BCUT2D eigenvalue weighted by atomic mass is 79.9. The van der Waals surface area contributed by atoms with Crippen LogP contribution in [-0.4, -0.2) is 11.4 Å². The van der Waals surface area contributed by atoms with Crippen LogP contribution in [0.15, 0.2) is 69.3 Å². The molecule has 0 amide bonds. The van der Waals surface area contributed by atoms with Crippen LogP contribution in [-0.2, 0) is 5.75 Å². The fourth-order valence-electron chi connectivity index (χ4n) is 1.50. The molecule has 0 radical (unpaired) electrons. The van der Waals surface area contributed by atoms with Gasteiger partial charge in [0.15, 0.2) is 5.17 Å². The van der Waals surface area contributed by atoms with Crippen LogP contribution in [0, 0.1) is 0 Å². The number of halogens is 1. The molecule has 0 aliphatic heterocycles. The van der Waals surface area contributed by atoms with Gasteiger partial charge in [-0.25, -0.2) is 0 Å². The SMILES string of the molecule is NC(=NN=Cc1cccc(Br)c1)SCc1ccccc1. The van der Waals surface area contributed by atoms with Gasteiger partial charge in [0.25, 0.3) is 0 Å². The van der Waals surface area contributed by atoms with Crippen molar-refractivity contribution in [2.45, 2.75) is 5.75 Å². The first-order chi connectivity index (χ1) is 9.74. The van der Waals surface area contributed by atoms with Crippen LogP contribution < -0.4 is 5.73 Å². The van der Waals surface area contributed by atoms with Gasteiger partial charge in [-0.1, -0.05) is 70.2 Å². The zero-order valence-electron chi connectivity index (χ0n) is 10.7. The van der Waals surface area contributed by atoms with E-state index < -0.39 is 0 Å². The molecule has 3 nitrogen and oxygen atoms in total. The van der Waals surface area contributed by atoms with Gasteiger partial charge in [-0.15, -0.1) is 5.10 Å². The number of hydrogen-bond acceptors (Lipinski definition) is 3. The van der Waals surface area contributed by atoms with Crippen molar-refractivity contribution < 1.29 is 0 Å². The third-order valence-electron chi connectivity index (χ3n) is 2.44. The van der Waals surface area contributed by atoms with E-state index in [1.54, 1.807) is 6.21 Å². The second-order valence-electron chi connectivity index (χ2n) is 4.01. The summed E-state index contributed by atoms with van der Waals surface area (Å²) in [6, 6.07) is 18.0. The highest BCUT2D eigenvalue weighted by molar-refractivity contribution is 9.10. The maximum absolute atomic E-state index is 5.81. The summed E-state index contributed by atoms with van der Waals surface area (Å²) in [5.74, 6) is 0.794. The molecule has 2 aromatic carbocycles. The van der Waals surface area contributed by atoms with Crippen LogP contribution in [0.2, 0.25) is 0 Å². The van der Waals surface area contributed by atoms with E-state index in [0.717, 1.165) is 15.8 Å². The average Bonchev–Trinajstić information content (AvgIpc) is 2.46. The largest absolute Gasteiger partial charge is 0.377 e. The highest BCUT2D eigenvalue weighted by Gasteiger charge is 1.95. The van der Waals surface area contributed by atoms with Crippen molar-refractivity contribution >= 4 is 39.1 Å². The van der Waals surface area contributed by atoms with Gasteiger partial charge < -0.3 is 5.73 Å². The van der Waals surface area contributed by atoms with Crippen molar-refractivity contribution in [3.63, 3.8) is 0 Å². The number of benzene rings is 2. The molecule has 102 valence electrons. The van der Waals surface area contributed by atoms with Crippen LogP contribution in [0.1, 0.15) is 11.1 Å². The second kappa shape index (κ2) is 7.87. The van der Waals surface area contributed by atoms with Crippen LogP contribution in [0.25, 0.3) is 0 Å². The van der Waals surface area contributed by atoms with Crippen molar-refractivity contribution in [2.75, 3.05) is 0 Å². The number of rotatable bonds is 4. The first kappa shape index (κ1) is 14.8. The molecule has 0 fully saturated rings. The maximum atomic E-state index is 5.81. The zero-order chi connectivity index (χ0) is 14.2. The van der Waals surface area contributed by atoms with Crippen molar-refractivity contribution in [3.05, 3.63) is 70.2 Å². The molecule has 0 aliphatic carbocycles. The van der Waals surface area contributed by atoms with Crippen molar-refractivity contribution in [3.8, 4) is 0 Å². The highest BCUT2D eigenvalue weighted by Crippen LogP contribution is 2.12. The van der Waals surface area contributed by atoms with Gasteiger partial charge in [0, 0.05) is 10.2 Å². The fourth-order valence-corrected chi connectivity index (χ4v) is 2.53. The van der Waals surface area contributed by atoms with Crippen LogP contribution in [0.5, 0.6) is 0 Å². The molecule has 0 saturated carbocycles. The molecule has 0 atom stereocenters. The molecule has 0 heterocycles. The van der Waals surface area contributed by atoms with Gasteiger partial charge in [-0.3, -0.25) is 0 Å². The number of nitrogens with zero attached hydrogens (tertiary/aromatic N) is 2. The van der Waals surface area contributed by atoms with E-state index in [-0.39, 0.29) is 0 Å². The Morgan fingerprint density at radius 1 is 1.15 bits per heavy atom. The minimum Gasteiger partial charge on any atom is -0.377 e. The van der Waals surface area contributed by atoms with Crippen LogP contribution in [0.3, 0.4) is 0 Å². The van der Waals surface area contributed by atoms with Gasteiger partial charge in [0.05, 0.1) is 6.21 Å². The second-order valence-corrected chi connectivity index (χ2v) is 5.92. The van der Waals surface area contributed by atoms with Crippen molar-refractivity contribution in [2.24, 2.45) is 15.9 Å². The first-order valence-corrected chi connectivity index (χ1v) is 7.81. The minimum atomic E-state index is 0.458. The normalized spacial score (nSPS) is 11.9. The first-order valence-electron chi connectivity index (χ1n) is 6.03. The van der Waals surface area contributed by atoms with Crippen molar-refractivity contribution in [1.82, 2.24) is 0 Å². The summed E-state index contributed by atoms with van der Waals surface area (Å²) in [7, 11) is 0. The molecule has 0 unspecified atom stereocenters. The summed E-state index contributed by atoms with van der Waals surface area (Å²) < 4.78 is 1.01.